The molecule has 5 heteroatoms. The molecule has 0 heterocycles. The van der Waals surface area contributed by atoms with Gasteiger partial charge in [-0.25, -0.2) is 13.7 Å². The number of benzene rings is 2. The number of ether oxygens (including phenoxy) is 1. The number of nitrogens with one attached hydrogen (secondary N) is 1. The van der Waals surface area contributed by atoms with Crippen molar-refractivity contribution >= 4 is 22.5 Å². The van der Waals surface area contributed by atoms with Crippen LogP contribution in [0.2, 0.25) is 0 Å². The second-order valence-electron chi connectivity index (χ2n) is 7.34. The van der Waals surface area contributed by atoms with Crippen molar-refractivity contribution in [3.05, 3.63) is 77.9 Å². The van der Waals surface area contributed by atoms with Crippen molar-refractivity contribution in [1.29, 1.82) is 0 Å². The molecule has 0 radical (unpaired) electrons. The number of esters is 1. The van der Waals surface area contributed by atoms with E-state index in [1.54, 1.807) is 12.1 Å². The van der Waals surface area contributed by atoms with Crippen LogP contribution in [0.15, 0.2) is 61.2 Å². The van der Waals surface area contributed by atoms with E-state index in [2.05, 4.69) is 11.3 Å². The second kappa shape index (κ2) is 9.11. The number of carbonyl (C=O) groups is 1. The first-order valence-corrected chi connectivity index (χ1v) is 9.97. The Morgan fingerprint density at radius 1 is 1.07 bits per heavy atom. The highest BCUT2D eigenvalue weighted by atomic mass is 32.2. The molecule has 0 unspecified atom stereocenters. The summed E-state index contributed by atoms with van der Waals surface area (Å²) < 4.78 is 20.3. The van der Waals surface area contributed by atoms with Crippen molar-refractivity contribution in [2.45, 2.75) is 38.0 Å². The zero-order valence-corrected chi connectivity index (χ0v) is 17.1. The van der Waals surface area contributed by atoms with Gasteiger partial charge in [0.15, 0.2) is 0 Å². The van der Waals surface area contributed by atoms with Crippen LogP contribution in [0, 0.1) is 0 Å². The molecular formula is C22H27NO3S. The Balaban J connectivity index is 2.27. The van der Waals surface area contributed by atoms with Gasteiger partial charge in [-0.15, -0.1) is 0 Å². The van der Waals surface area contributed by atoms with Gasteiger partial charge in [0, 0.05) is 6.04 Å². The maximum absolute atomic E-state index is 12.7. The molecule has 2 aromatic carbocycles. The minimum Gasteiger partial charge on any atom is -0.465 e. The third-order valence-corrected chi connectivity index (χ3v) is 5.78. The molecule has 2 aromatic rings. The van der Waals surface area contributed by atoms with Crippen molar-refractivity contribution in [3.63, 3.8) is 0 Å². The molecule has 2 atom stereocenters. The van der Waals surface area contributed by atoms with E-state index in [9.17, 15) is 9.00 Å². The van der Waals surface area contributed by atoms with Crippen LogP contribution in [0.4, 0.5) is 0 Å². The summed E-state index contributed by atoms with van der Waals surface area (Å²) in [6.45, 7) is 10.00. The first-order chi connectivity index (χ1) is 12.7. The SMILES string of the molecule is C=C(C[C@H](N[S@](=O)C(C)(C)C)c1ccc(C(=O)OC)cc1)c1ccccc1. The Kier molecular flexibility index (Phi) is 7.11. The summed E-state index contributed by atoms with van der Waals surface area (Å²) in [5, 5.41) is 0. The van der Waals surface area contributed by atoms with Crippen LogP contribution in [-0.2, 0) is 15.7 Å². The molecule has 2 rings (SSSR count). The van der Waals surface area contributed by atoms with Crippen molar-refractivity contribution in [1.82, 2.24) is 4.72 Å². The van der Waals surface area contributed by atoms with Gasteiger partial charge in [0.25, 0.3) is 0 Å². The Bertz CT molecular complexity index is 808. The molecule has 0 saturated heterocycles. The number of rotatable bonds is 7. The number of hydrogen-bond acceptors (Lipinski definition) is 3. The normalized spacial score (nSPS) is 13.6. The molecule has 0 aromatic heterocycles. The van der Waals surface area contributed by atoms with E-state index in [4.69, 9.17) is 4.74 Å². The van der Waals surface area contributed by atoms with Crippen LogP contribution in [-0.4, -0.2) is 22.0 Å². The van der Waals surface area contributed by atoms with Crippen molar-refractivity contribution in [2.24, 2.45) is 0 Å². The van der Waals surface area contributed by atoms with Gasteiger partial charge >= 0.3 is 5.97 Å². The highest BCUT2D eigenvalue weighted by Crippen LogP contribution is 2.28. The largest absolute Gasteiger partial charge is 0.465 e. The maximum atomic E-state index is 12.7. The van der Waals surface area contributed by atoms with Gasteiger partial charge in [0.2, 0.25) is 0 Å². The number of methoxy groups -OCH3 is 1. The minimum absolute atomic E-state index is 0.190. The average Bonchev–Trinajstić information content (AvgIpc) is 2.66. The molecule has 0 aliphatic heterocycles. The zero-order valence-electron chi connectivity index (χ0n) is 16.3. The zero-order chi connectivity index (χ0) is 20.0. The van der Waals surface area contributed by atoms with Crippen molar-refractivity contribution in [2.75, 3.05) is 7.11 Å². The summed E-state index contributed by atoms with van der Waals surface area (Å²) in [4.78, 5) is 11.7. The molecule has 144 valence electrons. The summed E-state index contributed by atoms with van der Waals surface area (Å²) in [6.07, 6.45) is 0.601. The lowest BCUT2D eigenvalue weighted by Gasteiger charge is -2.25. The molecule has 0 spiro atoms. The van der Waals surface area contributed by atoms with Crippen LogP contribution < -0.4 is 4.72 Å². The van der Waals surface area contributed by atoms with Gasteiger partial charge in [0.1, 0.15) is 0 Å². The maximum Gasteiger partial charge on any atom is 0.337 e. The molecule has 4 nitrogen and oxygen atoms in total. The highest BCUT2D eigenvalue weighted by molar-refractivity contribution is 7.84. The summed E-state index contributed by atoms with van der Waals surface area (Å²) in [5.41, 5.74) is 3.43. The topological polar surface area (TPSA) is 55.4 Å². The minimum atomic E-state index is -1.24. The van der Waals surface area contributed by atoms with Gasteiger partial charge in [-0.1, -0.05) is 49.0 Å². The van der Waals surface area contributed by atoms with Crippen LogP contribution in [0.5, 0.6) is 0 Å². The third kappa shape index (κ3) is 5.88. The van der Waals surface area contributed by atoms with Gasteiger partial charge in [0.05, 0.1) is 28.4 Å². The lowest BCUT2D eigenvalue weighted by molar-refractivity contribution is 0.0600. The van der Waals surface area contributed by atoms with E-state index in [1.807, 2.05) is 63.2 Å². The molecular weight excluding hydrogens is 358 g/mol. The molecule has 0 saturated carbocycles. The smallest absolute Gasteiger partial charge is 0.337 e. The van der Waals surface area contributed by atoms with Gasteiger partial charge in [-0.2, -0.15) is 0 Å². The first kappa shape index (κ1) is 21.1. The van der Waals surface area contributed by atoms with E-state index in [0.717, 1.165) is 16.7 Å². The van der Waals surface area contributed by atoms with E-state index in [-0.39, 0.29) is 12.0 Å². The van der Waals surface area contributed by atoms with Crippen LogP contribution in [0.1, 0.15) is 54.7 Å². The summed E-state index contributed by atoms with van der Waals surface area (Å²) in [6, 6.07) is 16.9. The van der Waals surface area contributed by atoms with E-state index in [1.165, 1.54) is 7.11 Å². The van der Waals surface area contributed by atoms with E-state index < -0.39 is 15.7 Å². The Labute approximate surface area is 164 Å². The second-order valence-corrected chi connectivity index (χ2v) is 9.34. The predicted octanol–water partition coefficient (Wildman–Crippen LogP) is 4.67. The molecule has 27 heavy (non-hydrogen) atoms. The average molecular weight is 386 g/mol. The number of hydrogen-bond donors (Lipinski definition) is 1. The Morgan fingerprint density at radius 3 is 2.19 bits per heavy atom. The van der Waals surface area contributed by atoms with Gasteiger partial charge in [-0.05, 0) is 56.0 Å². The highest BCUT2D eigenvalue weighted by Gasteiger charge is 2.24. The summed E-state index contributed by atoms with van der Waals surface area (Å²) >= 11 is 0. The van der Waals surface area contributed by atoms with Crippen molar-refractivity contribution in [3.8, 4) is 0 Å². The molecule has 0 amide bonds. The quantitative estimate of drug-likeness (QED) is 0.705. The van der Waals surface area contributed by atoms with E-state index in [0.29, 0.717) is 12.0 Å². The van der Waals surface area contributed by atoms with Crippen LogP contribution in [0.3, 0.4) is 0 Å². The van der Waals surface area contributed by atoms with Crippen LogP contribution in [0.25, 0.3) is 5.57 Å². The van der Waals surface area contributed by atoms with E-state index >= 15 is 0 Å². The third-order valence-electron chi connectivity index (χ3n) is 4.17. The molecule has 0 fully saturated rings. The van der Waals surface area contributed by atoms with Gasteiger partial charge < -0.3 is 4.74 Å². The Hall–Kier alpha value is -2.24. The van der Waals surface area contributed by atoms with Crippen molar-refractivity contribution < 1.29 is 13.7 Å². The Morgan fingerprint density at radius 2 is 1.67 bits per heavy atom. The fourth-order valence-electron chi connectivity index (χ4n) is 2.54. The fourth-order valence-corrected chi connectivity index (χ4v) is 3.37. The first-order valence-electron chi connectivity index (χ1n) is 8.82. The predicted molar refractivity (Wildman–Crippen MR) is 112 cm³/mol. The fraction of sp³-hybridized carbons (Fsp3) is 0.318. The standard InChI is InChI=1S/C22H27NO3S/c1-16(17-9-7-6-8-10-17)15-20(23-27(25)22(2,3)4)18-11-13-19(14-12-18)21(24)26-5/h6-14,20,23H,1,15H2,2-5H3/t20-,27+/m0/s1. The summed E-state index contributed by atoms with van der Waals surface area (Å²) in [5.74, 6) is -0.377. The van der Waals surface area contributed by atoms with Gasteiger partial charge in [-0.3, -0.25) is 0 Å². The molecule has 0 bridgehead atoms. The molecule has 0 aliphatic rings. The monoisotopic (exact) mass is 385 g/mol. The number of carbonyl (C=O) groups excluding carboxylic acids is 1. The lowest BCUT2D eigenvalue weighted by Crippen LogP contribution is -2.35. The lowest BCUT2D eigenvalue weighted by atomic mass is 9.95. The van der Waals surface area contributed by atoms with Crippen LogP contribution >= 0.6 is 0 Å². The molecule has 0 aliphatic carbocycles. The summed E-state index contributed by atoms with van der Waals surface area (Å²) in [7, 11) is 0.119. The molecule has 1 N–H and O–H groups in total.